The van der Waals surface area contributed by atoms with Crippen molar-refractivity contribution in [2.24, 2.45) is 5.92 Å². The second-order valence-corrected chi connectivity index (χ2v) is 6.47. The van der Waals surface area contributed by atoms with E-state index >= 15 is 0 Å². The fourth-order valence-electron chi connectivity index (χ4n) is 2.60. The molecule has 0 aliphatic rings. The van der Waals surface area contributed by atoms with Gasteiger partial charge in [-0.05, 0) is 30.2 Å². The Morgan fingerprint density at radius 1 is 1.08 bits per heavy atom. The van der Waals surface area contributed by atoms with Crippen LogP contribution in [0.5, 0.6) is 5.75 Å². The highest BCUT2D eigenvalue weighted by Gasteiger charge is 2.05. The van der Waals surface area contributed by atoms with Crippen LogP contribution in [0.1, 0.15) is 69.6 Å². The minimum Gasteiger partial charge on any atom is -0.484 e. The van der Waals surface area contributed by atoms with Crippen LogP contribution >= 0.6 is 0 Å². The molecule has 0 spiro atoms. The number of carbonyl (C=O) groups excluding carboxylic acids is 1. The first kappa shape index (κ1) is 21.8. The number of halogens is 1. The minimum atomic E-state index is -0.416. The number of pyridine rings is 1. The topological polar surface area (TPSA) is 39.2 Å². The number of carbonyl (C=O) groups is 1. The number of benzene rings is 1. The number of hydrogen-bond acceptors (Lipinski definition) is 3. The molecule has 0 radical (unpaired) electrons. The molecule has 142 valence electrons. The summed E-state index contributed by atoms with van der Waals surface area (Å²) in [6.45, 7) is 8.43. The molecule has 0 atom stereocenters. The molecule has 1 aromatic carbocycles. The maximum absolute atomic E-state index is 13.3. The highest BCUT2D eigenvalue weighted by Crippen LogP contribution is 2.16. The largest absolute Gasteiger partial charge is 0.484 e. The first-order valence-electron chi connectivity index (χ1n) is 9.32. The van der Waals surface area contributed by atoms with Crippen LogP contribution < -0.4 is 4.74 Å². The molecule has 0 aliphatic carbocycles. The first-order chi connectivity index (χ1) is 12.5. The molecular formula is C22H30FNO2. The predicted molar refractivity (Wildman–Crippen MR) is 104 cm³/mol. The first-order valence-corrected chi connectivity index (χ1v) is 9.32. The number of ketones is 1. The third kappa shape index (κ3) is 8.24. The third-order valence-electron chi connectivity index (χ3n) is 3.94. The van der Waals surface area contributed by atoms with Gasteiger partial charge in [-0.15, -0.1) is 0 Å². The van der Waals surface area contributed by atoms with Gasteiger partial charge in [0.05, 0.1) is 5.69 Å². The molecular weight excluding hydrogens is 329 g/mol. The van der Waals surface area contributed by atoms with Gasteiger partial charge in [0, 0.05) is 6.92 Å². The van der Waals surface area contributed by atoms with E-state index in [1.807, 2.05) is 0 Å². The van der Waals surface area contributed by atoms with Gasteiger partial charge in [-0.3, -0.25) is 4.79 Å². The molecule has 0 bridgehead atoms. The maximum atomic E-state index is 13.3. The summed E-state index contributed by atoms with van der Waals surface area (Å²) in [5, 5.41) is 0. The van der Waals surface area contributed by atoms with Crippen molar-refractivity contribution < 1.29 is 13.9 Å². The number of Topliss-reactive ketones (excluding diaryl/α,β-unsaturated/α-hetero) is 1. The van der Waals surface area contributed by atoms with Crippen molar-refractivity contribution in [2.45, 2.75) is 60.0 Å². The van der Waals surface area contributed by atoms with E-state index in [9.17, 15) is 9.18 Å². The van der Waals surface area contributed by atoms with Crippen LogP contribution in [0.15, 0.2) is 42.5 Å². The summed E-state index contributed by atoms with van der Waals surface area (Å²) < 4.78 is 18.6. The lowest BCUT2D eigenvalue weighted by Crippen LogP contribution is -2.03. The van der Waals surface area contributed by atoms with Crippen molar-refractivity contribution in [2.75, 3.05) is 0 Å². The quantitative estimate of drug-likeness (QED) is 0.525. The van der Waals surface area contributed by atoms with E-state index in [0.29, 0.717) is 11.4 Å². The molecule has 0 amide bonds. The summed E-state index contributed by atoms with van der Waals surface area (Å²) in [5.74, 6) is 0.612. The average molecular weight is 359 g/mol. The van der Waals surface area contributed by atoms with Crippen LogP contribution in [-0.4, -0.2) is 10.8 Å². The Hall–Kier alpha value is -2.23. The Kier molecular flexibility index (Phi) is 10.2. The van der Waals surface area contributed by atoms with E-state index in [4.69, 9.17) is 4.74 Å². The van der Waals surface area contributed by atoms with Crippen molar-refractivity contribution in [1.82, 2.24) is 4.98 Å². The van der Waals surface area contributed by atoms with E-state index in [-0.39, 0.29) is 18.1 Å². The van der Waals surface area contributed by atoms with Gasteiger partial charge in [0.15, 0.2) is 17.3 Å². The van der Waals surface area contributed by atoms with Gasteiger partial charge >= 0.3 is 0 Å². The van der Waals surface area contributed by atoms with Gasteiger partial charge in [0.25, 0.3) is 0 Å². The molecule has 0 saturated heterocycles. The molecule has 1 heterocycles. The number of nitrogens with zero attached hydrogens (tertiary/aromatic N) is 1. The fourth-order valence-corrected chi connectivity index (χ4v) is 2.60. The molecule has 3 nitrogen and oxygen atoms in total. The van der Waals surface area contributed by atoms with Crippen molar-refractivity contribution in [3.05, 3.63) is 59.7 Å². The standard InChI is InChI=1S/C14H12FNO2.C8H18/c1-10(17)13-7-4-5-11(16-13)9-18-14-8-3-2-6-12(14)15;1-4-6-8(3)7-5-2/h2-8H,9H2,1H3;8H,4-7H2,1-3H3. The Labute approximate surface area is 156 Å². The summed E-state index contributed by atoms with van der Waals surface area (Å²) in [5.41, 5.74) is 0.968. The number of aromatic nitrogens is 1. The molecule has 0 N–H and O–H groups in total. The van der Waals surface area contributed by atoms with Crippen LogP contribution in [0, 0.1) is 11.7 Å². The lowest BCUT2D eigenvalue weighted by molar-refractivity contribution is 0.101. The van der Waals surface area contributed by atoms with Crippen LogP contribution in [0.4, 0.5) is 4.39 Å². The molecule has 0 aliphatic heterocycles. The SMILES string of the molecule is CC(=O)c1cccc(COc2ccccc2F)n1.CCCC(C)CCC. The Balaban J connectivity index is 0.000000359. The van der Waals surface area contributed by atoms with Gasteiger partial charge < -0.3 is 4.74 Å². The molecule has 0 fully saturated rings. The van der Waals surface area contributed by atoms with E-state index < -0.39 is 5.82 Å². The smallest absolute Gasteiger partial charge is 0.178 e. The second kappa shape index (κ2) is 12.2. The van der Waals surface area contributed by atoms with Gasteiger partial charge in [0.2, 0.25) is 0 Å². The second-order valence-electron chi connectivity index (χ2n) is 6.47. The molecule has 0 unspecified atom stereocenters. The van der Waals surface area contributed by atoms with Crippen LogP contribution in [0.3, 0.4) is 0 Å². The number of hydrogen-bond donors (Lipinski definition) is 0. The van der Waals surface area contributed by atoms with Crippen LogP contribution in [0.2, 0.25) is 0 Å². The Morgan fingerprint density at radius 3 is 2.31 bits per heavy atom. The van der Waals surface area contributed by atoms with Crippen LogP contribution in [-0.2, 0) is 6.61 Å². The lowest BCUT2D eigenvalue weighted by Gasteiger charge is -2.07. The van der Waals surface area contributed by atoms with Crippen molar-refractivity contribution in [3.63, 3.8) is 0 Å². The molecule has 1 aromatic heterocycles. The highest BCUT2D eigenvalue weighted by atomic mass is 19.1. The normalized spacial score (nSPS) is 10.2. The van der Waals surface area contributed by atoms with Crippen LogP contribution in [0.25, 0.3) is 0 Å². The van der Waals surface area contributed by atoms with Gasteiger partial charge in [-0.25, -0.2) is 9.37 Å². The molecule has 2 rings (SSSR count). The van der Waals surface area contributed by atoms with Gasteiger partial charge in [0.1, 0.15) is 12.3 Å². The maximum Gasteiger partial charge on any atom is 0.178 e. The number of ether oxygens (including phenoxy) is 1. The minimum absolute atomic E-state index is 0.109. The summed E-state index contributed by atoms with van der Waals surface area (Å²) in [7, 11) is 0. The Bertz CT molecular complexity index is 667. The van der Waals surface area contributed by atoms with Gasteiger partial charge in [-0.1, -0.05) is 64.7 Å². The molecule has 0 saturated carbocycles. The zero-order chi connectivity index (χ0) is 19.4. The molecule has 26 heavy (non-hydrogen) atoms. The summed E-state index contributed by atoms with van der Waals surface area (Å²) >= 11 is 0. The van der Waals surface area contributed by atoms with E-state index in [0.717, 1.165) is 5.92 Å². The summed E-state index contributed by atoms with van der Waals surface area (Å²) in [6, 6.07) is 11.2. The zero-order valence-electron chi connectivity index (χ0n) is 16.3. The van der Waals surface area contributed by atoms with Gasteiger partial charge in [-0.2, -0.15) is 0 Å². The summed E-state index contributed by atoms with van der Waals surface area (Å²) in [4.78, 5) is 15.3. The van der Waals surface area contributed by atoms with Crippen molar-refractivity contribution in [3.8, 4) is 5.75 Å². The monoisotopic (exact) mass is 359 g/mol. The van der Waals surface area contributed by atoms with E-state index in [1.165, 1.54) is 38.7 Å². The summed E-state index contributed by atoms with van der Waals surface area (Å²) in [6.07, 6.45) is 5.52. The highest BCUT2D eigenvalue weighted by molar-refractivity contribution is 5.92. The third-order valence-corrected chi connectivity index (χ3v) is 3.94. The average Bonchev–Trinajstić information content (AvgIpc) is 2.62. The number of rotatable bonds is 8. The molecule has 4 heteroatoms. The molecule has 2 aromatic rings. The lowest BCUT2D eigenvalue weighted by atomic mass is 10.0. The fraction of sp³-hybridized carbons (Fsp3) is 0.455. The zero-order valence-corrected chi connectivity index (χ0v) is 16.3. The van der Waals surface area contributed by atoms with E-state index in [1.54, 1.807) is 36.4 Å². The van der Waals surface area contributed by atoms with Crippen molar-refractivity contribution >= 4 is 5.78 Å². The predicted octanol–water partition coefficient (Wildman–Crippen LogP) is 6.23. The van der Waals surface area contributed by atoms with Crippen molar-refractivity contribution in [1.29, 1.82) is 0 Å². The van der Waals surface area contributed by atoms with E-state index in [2.05, 4.69) is 25.8 Å². The number of para-hydroxylation sites is 1. The Morgan fingerprint density at radius 2 is 1.73 bits per heavy atom.